The zero-order chi connectivity index (χ0) is 19.2. The zero-order valence-corrected chi connectivity index (χ0v) is 19.0. The van der Waals surface area contributed by atoms with Crippen LogP contribution in [0, 0.1) is 0 Å². The summed E-state index contributed by atoms with van der Waals surface area (Å²) in [6, 6.07) is -0.739. The largest absolute Gasteiger partial charge is 0.414 e. The summed E-state index contributed by atoms with van der Waals surface area (Å²) in [5.41, 5.74) is 1.03. The lowest BCUT2D eigenvalue weighted by atomic mass is 9.93. The molecule has 0 aromatic carbocycles. The van der Waals surface area contributed by atoms with E-state index in [1.165, 1.54) is 0 Å². The van der Waals surface area contributed by atoms with Gasteiger partial charge in [-0.1, -0.05) is 55.4 Å². The van der Waals surface area contributed by atoms with Gasteiger partial charge in [0.1, 0.15) is 20.1 Å². The molecule has 0 saturated carbocycles. The number of fused-ring (bicyclic) bond motifs is 1. The third-order valence-corrected chi connectivity index (χ3v) is 16.0. The van der Waals surface area contributed by atoms with Gasteiger partial charge in [0.2, 0.25) is 0 Å². The maximum absolute atomic E-state index is 10.5. The van der Waals surface area contributed by atoms with Crippen LogP contribution in [-0.4, -0.2) is 61.0 Å². The van der Waals surface area contributed by atoms with E-state index < -0.39 is 35.3 Å². The molecule has 0 aromatic heterocycles. The highest BCUT2D eigenvalue weighted by atomic mass is 28.5. The lowest BCUT2D eigenvalue weighted by Gasteiger charge is -2.51. The Bertz CT molecular complexity index is 444. The Labute approximate surface area is 156 Å². The fraction of sp³-hybridized carbons (Fsp3) is 1.00. The minimum atomic E-state index is -2.70. The molecule has 144 valence electrons. The summed E-state index contributed by atoms with van der Waals surface area (Å²) in [6.45, 7) is 17.7. The van der Waals surface area contributed by atoms with Crippen LogP contribution in [0.1, 0.15) is 55.4 Å². The molecule has 4 atom stereocenters. The van der Waals surface area contributed by atoms with Crippen LogP contribution in [0.15, 0.2) is 0 Å². The van der Waals surface area contributed by atoms with Crippen LogP contribution in [0.25, 0.3) is 0 Å². The molecule has 0 aromatic rings. The first-order valence-corrected chi connectivity index (χ1v) is 13.5. The summed E-state index contributed by atoms with van der Waals surface area (Å²) in [5.74, 6) is 0. The van der Waals surface area contributed by atoms with E-state index in [0.717, 1.165) is 0 Å². The number of rotatable bonds is 4. The van der Waals surface area contributed by atoms with Crippen molar-refractivity contribution in [1.29, 1.82) is 0 Å². The van der Waals surface area contributed by atoms with Gasteiger partial charge in [0.15, 0.2) is 0 Å². The highest BCUT2D eigenvalue weighted by Gasteiger charge is 2.61. The fourth-order valence-electron chi connectivity index (χ4n) is 4.18. The predicted octanol–water partition coefficient (Wildman–Crippen LogP) is 3.20. The summed E-state index contributed by atoms with van der Waals surface area (Å²) in [4.78, 5) is 0. The molecule has 2 fully saturated rings. The molecule has 2 unspecified atom stereocenters. The van der Waals surface area contributed by atoms with Crippen molar-refractivity contribution in [2.45, 2.75) is 102 Å². The average Bonchev–Trinajstić information content (AvgIpc) is 2.73. The molecular weight excluding hydrogens is 351 g/mol. The van der Waals surface area contributed by atoms with Crippen LogP contribution >= 0.6 is 0 Å². The predicted molar refractivity (Wildman–Crippen MR) is 104 cm³/mol. The van der Waals surface area contributed by atoms with Gasteiger partial charge in [0, 0.05) is 6.00 Å². The Morgan fingerprint density at radius 3 is 1.80 bits per heavy atom. The SMILES string of the molecule is [B][C@@H]1O[C@H]2CO[Si](C(C)C)(C(C)C)O[Si](C(C)C)(C(C)C)OC2C1O. The zero-order valence-electron chi connectivity index (χ0n) is 17.0. The van der Waals surface area contributed by atoms with Crippen LogP contribution in [-0.2, 0) is 17.7 Å². The summed E-state index contributed by atoms with van der Waals surface area (Å²) in [6.07, 6.45) is -1.69. The molecule has 2 radical (unpaired) electrons. The van der Waals surface area contributed by atoms with Gasteiger partial charge in [-0.2, -0.15) is 0 Å². The molecule has 0 aliphatic carbocycles. The highest BCUT2D eigenvalue weighted by Crippen LogP contribution is 2.47. The van der Waals surface area contributed by atoms with Crippen molar-refractivity contribution in [2.75, 3.05) is 6.61 Å². The molecule has 5 nitrogen and oxygen atoms in total. The number of hydrogen-bond donors (Lipinski definition) is 1. The molecule has 8 heteroatoms. The van der Waals surface area contributed by atoms with Gasteiger partial charge in [0.05, 0.1) is 12.7 Å². The lowest BCUT2D eigenvalue weighted by Crippen LogP contribution is -2.65. The minimum Gasteiger partial charge on any atom is -0.414 e. The molecule has 0 spiro atoms. The molecule has 2 rings (SSSR count). The second-order valence-corrected chi connectivity index (χ2v) is 17.5. The van der Waals surface area contributed by atoms with Gasteiger partial charge < -0.3 is 22.8 Å². The van der Waals surface area contributed by atoms with E-state index in [9.17, 15) is 5.11 Å². The Kier molecular flexibility index (Phi) is 6.68. The number of ether oxygens (including phenoxy) is 1. The van der Waals surface area contributed by atoms with Gasteiger partial charge in [-0.15, -0.1) is 0 Å². The van der Waals surface area contributed by atoms with Crippen molar-refractivity contribution >= 4 is 25.0 Å². The normalized spacial score (nSPS) is 35.2. The quantitative estimate of drug-likeness (QED) is 0.752. The average molecular weight is 386 g/mol. The van der Waals surface area contributed by atoms with E-state index in [-0.39, 0.29) is 28.3 Å². The monoisotopic (exact) mass is 386 g/mol. The van der Waals surface area contributed by atoms with Crippen LogP contribution in [0.2, 0.25) is 22.2 Å². The van der Waals surface area contributed by atoms with Gasteiger partial charge >= 0.3 is 17.1 Å². The summed E-state index contributed by atoms with van der Waals surface area (Å²) < 4.78 is 26.0. The first-order chi connectivity index (χ1) is 11.5. The van der Waals surface area contributed by atoms with Gasteiger partial charge in [-0.3, -0.25) is 0 Å². The van der Waals surface area contributed by atoms with E-state index in [0.29, 0.717) is 6.61 Å². The van der Waals surface area contributed by atoms with Gasteiger partial charge in [-0.25, -0.2) is 0 Å². The van der Waals surface area contributed by atoms with Crippen molar-refractivity contribution in [3.05, 3.63) is 0 Å². The first kappa shape index (κ1) is 21.6. The third kappa shape index (κ3) is 3.68. The van der Waals surface area contributed by atoms with Gasteiger partial charge in [-0.05, 0) is 22.2 Å². The Balaban J connectivity index is 2.53. The second kappa shape index (κ2) is 7.73. The van der Waals surface area contributed by atoms with E-state index in [1.807, 2.05) is 0 Å². The van der Waals surface area contributed by atoms with Crippen molar-refractivity contribution in [3.63, 3.8) is 0 Å². The molecule has 2 aliphatic heterocycles. The molecule has 2 aliphatic rings. The van der Waals surface area contributed by atoms with Crippen molar-refractivity contribution < 1.29 is 22.8 Å². The van der Waals surface area contributed by atoms with Crippen LogP contribution in [0.3, 0.4) is 0 Å². The van der Waals surface area contributed by atoms with Crippen molar-refractivity contribution in [3.8, 4) is 0 Å². The first-order valence-electron chi connectivity index (χ1n) is 9.59. The fourth-order valence-corrected chi connectivity index (χ4v) is 15.4. The van der Waals surface area contributed by atoms with E-state index >= 15 is 0 Å². The van der Waals surface area contributed by atoms with Crippen LogP contribution < -0.4 is 0 Å². The van der Waals surface area contributed by atoms with Crippen molar-refractivity contribution in [1.82, 2.24) is 0 Å². The lowest BCUT2D eigenvalue weighted by molar-refractivity contribution is -0.0318. The molecule has 2 heterocycles. The Morgan fingerprint density at radius 2 is 1.36 bits per heavy atom. The van der Waals surface area contributed by atoms with E-state index in [2.05, 4.69) is 55.4 Å². The van der Waals surface area contributed by atoms with Crippen molar-refractivity contribution in [2.24, 2.45) is 0 Å². The minimum absolute atomic E-state index is 0.225. The van der Waals surface area contributed by atoms with Gasteiger partial charge in [0.25, 0.3) is 0 Å². The second-order valence-electron chi connectivity index (χ2n) is 8.69. The molecule has 2 saturated heterocycles. The molecular formula is C17H35BO5Si2. The maximum atomic E-state index is 10.5. The summed E-state index contributed by atoms with van der Waals surface area (Å²) in [5, 5.41) is 10.5. The molecule has 1 N–H and O–H groups in total. The molecule has 0 bridgehead atoms. The number of aliphatic hydroxyl groups is 1. The highest BCUT2D eigenvalue weighted by molar-refractivity contribution is 6.83. The van der Waals surface area contributed by atoms with E-state index in [4.69, 9.17) is 25.6 Å². The van der Waals surface area contributed by atoms with E-state index in [1.54, 1.807) is 0 Å². The summed E-state index contributed by atoms with van der Waals surface area (Å²) in [7, 11) is 0.699. The topological polar surface area (TPSA) is 57.2 Å². The standard InChI is InChI=1S/C17H35BO5Si2/c1-10(2)24(11(3)4)20-9-14-16(15(19)17(18)21-14)22-25(23-24,12(5)6)13(7)8/h10-17,19H,9H2,1-8H3/t14-,15?,16?,17+/m0/s1. The third-order valence-electron chi connectivity index (χ3n) is 5.70. The maximum Gasteiger partial charge on any atom is 0.335 e. The Hall–Kier alpha value is 0.299. The summed E-state index contributed by atoms with van der Waals surface area (Å²) >= 11 is 0. The smallest absolute Gasteiger partial charge is 0.335 e. The van der Waals surface area contributed by atoms with Crippen LogP contribution in [0.4, 0.5) is 0 Å². The number of aliphatic hydroxyl groups excluding tert-OH is 1. The number of hydrogen-bond acceptors (Lipinski definition) is 5. The Morgan fingerprint density at radius 1 is 0.880 bits per heavy atom. The van der Waals surface area contributed by atoms with Crippen LogP contribution in [0.5, 0.6) is 0 Å². The molecule has 25 heavy (non-hydrogen) atoms. The molecule has 0 amide bonds.